The predicted molar refractivity (Wildman–Crippen MR) is 84.5 cm³/mol. The molecule has 0 aromatic heterocycles. The van der Waals surface area contributed by atoms with E-state index in [2.05, 4.69) is 49.4 Å². The molecule has 0 saturated carbocycles. The van der Waals surface area contributed by atoms with Gasteiger partial charge in [-0.25, -0.2) is 0 Å². The van der Waals surface area contributed by atoms with E-state index < -0.39 is 0 Å². The summed E-state index contributed by atoms with van der Waals surface area (Å²) in [4.78, 5) is 4.81. The van der Waals surface area contributed by atoms with E-state index in [1.54, 1.807) is 0 Å². The number of rotatable bonds is 6. The fourth-order valence-corrected chi connectivity index (χ4v) is 2.82. The minimum absolute atomic E-state index is 0.223. The number of hydrogen-bond acceptors (Lipinski definition) is 0. The Bertz CT molecular complexity index is 315. The molecule has 0 saturated heterocycles. The van der Waals surface area contributed by atoms with E-state index in [1.165, 1.54) is 54.9 Å². The van der Waals surface area contributed by atoms with E-state index in [1.807, 2.05) is 0 Å². The molecule has 3 heteroatoms. The van der Waals surface area contributed by atoms with Crippen LogP contribution in [0.2, 0.25) is 12.1 Å². The molecular formula is C14H26Si2V. The summed E-state index contributed by atoms with van der Waals surface area (Å²) in [6.45, 7) is 8.91. The molecule has 0 heterocycles. The Morgan fingerprint density at radius 1 is 0.824 bits per heavy atom. The van der Waals surface area contributed by atoms with Crippen molar-refractivity contribution in [3.8, 4) is 0 Å². The summed E-state index contributed by atoms with van der Waals surface area (Å²) in [5.74, 6) is 0. The van der Waals surface area contributed by atoms with Crippen molar-refractivity contribution in [3.05, 3.63) is 44.0 Å². The molecule has 0 unspecified atom stereocenters. The maximum atomic E-state index is 2.41. The average Bonchev–Trinajstić information content (AvgIpc) is 2.28. The molecule has 0 amide bonds. The molecule has 95 valence electrons. The normalized spacial score (nSPS) is 15.5. The first kappa shape index (κ1) is 17.0. The number of allylic oxidation sites excluding steroid dienone is 6. The molecule has 0 nitrogen and oxygen atoms in total. The third kappa shape index (κ3) is 9.66. The SMILES string of the molecule is CC(=[CH][V][CH]=C(C)C=C(C)C[SiH3])C=C(C)C[SiH3]. The van der Waals surface area contributed by atoms with Crippen molar-refractivity contribution < 1.29 is 16.3 Å². The van der Waals surface area contributed by atoms with E-state index in [0.29, 0.717) is 0 Å². The van der Waals surface area contributed by atoms with Crippen LogP contribution >= 0.6 is 0 Å². The van der Waals surface area contributed by atoms with Crippen LogP contribution in [0.5, 0.6) is 0 Å². The predicted octanol–water partition coefficient (Wildman–Crippen LogP) is 2.34. The van der Waals surface area contributed by atoms with Crippen LogP contribution in [0.3, 0.4) is 0 Å². The second kappa shape index (κ2) is 9.95. The fourth-order valence-electron chi connectivity index (χ4n) is 1.33. The van der Waals surface area contributed by atoms with Gasteiger partial charge in [0.15, 0.2) is 0 Å². The molecule has 0 fully saturated rings. The Kier molecular flexibility index (Phi) is 9.94. The van der Waals surface area contributed by atoms with Gasteiger partial charge in [0.25, 0.3) is 0 Å². The van der Waals surface area contributed by atoms with Gasteiger partial charge in [-0.3, -0.25) is 0 Å². The van der Waals surface area contributed by atoms with Gasteiger partial charge in [0, 0.05) is 0 Å². The first-order valence-corrected chi connectivity index (χ1v) is 10.8. The summed E-state index contributed by atoms with van der Waals surface area (Å²) >= 11 is 0.223. The summed E-state index contributed by atoms with van der Waals surface area (Å²) in [6, 6.07) is 2.58. The molecular weight excluding hydrogens is 275 g/mol. The summed E-state index contributed by atoms with van der Waals surface area (Å²) < 4.78 is 0. The topological polar surface area (TPSA) is 0 Å². The van der Waals surface area contributed by atoms with Crippen molar-refractivity contribution in [1.82, 2.24) is 0 Å². The van der Waals surface area contributed by atoms with Crippen molar-refractivity contribution in [2.75, 3.05) is 0 Å². The zero-order valence-corrected chi connectivity index (χ0v) is 17.6. The third-order valence-electron chi connectivity index (χ3n) is 2.62. The van der Waals surface area contributed by atoms with E-state index >= 15 is 0 Å². The Hall–Kier alpha value is -0.0218. The molecule has 0 bridgehead atoms. The Balaban J connectivity index is 4.39. The first-order valence-electron chi connectivity index (χ1n) is 6.37. The van der Waals surface area contributed by atoms with E-state index in [9.17, 15) is 0 Å². The molecule has 0 rings (SSSR count). The first-order chi connectivity index (χ1) is 7.99. The van der Waals surface area contributed by atoms with Crippen molar-refractivity contribution in [1.29, 1.82) is 0 Å². The van der Waals surface area contributed by atoms with Gasteiger partial charge in [-0.05, 0) is 0 Å². The molecule has 17 heavy (non-hydrogen) atoms. The molecule has 0 N–H and O–H groups in total. The van der Waals surface area contributed by atoms with Crippen LogP contribution in [0.25, 0.3) is 0 Å². The molecule has 0 atom stereocenters. The van der Waals surface area contributed by atoms with Crippen LogP contribution in [0, 0.1) is 0 Å². The second-order valence-corrected chi connectivity index (χ2v) is 7.27. The molecule has 0 aliphatic heterocycles. The summed E-state index contributed by atoms with van der Waals surface area (Å²) in [6.07, 6.45) is 4.68. The van der Waals surface area contributed by atoms with Crippen molar-refractivity contribution in [2.24, 2.45) is 0 Å². The molecule has 0 spiro atoms. The summed E-state index contributed by atoms with van der Waals surface area (Å²) in [5, 5.41) is 0. The summed E-state index contributed by atoms with van der Waals surface area (Å²) in [5.41, 5.74) is 5.93. The molecule has 0 aromatic carbocycles. The minimum atomic E-state index is 0.223. The zero-order chi connectivity index (χ0) is 13.3. The molecule has 0 aliphatic rings. The van der Waals surface area contributed by atoms with Crippen molar-refractivity contribution in [3.63, 3.8) is 0 Å². The van der Waals surface area contributed by atoms with Gasteiger partial charge < -0.3 is 0 Å². The van der Waals surface area contributed by atoms with Crippen LogP contribution in [0.1, 0.15) is 27.7 Å². The van der Waals surface area contributed by atoms with Crippen LogP contribution in [0.4, 0.5) is 0 Å². The monoisotopic (exact) mass is 301 g/mol. The van der Waals surface area contributed by atoms with Crippen molar-refractivity contribution in [2.45, 2.75) is 39.8 Å². The fraction of sp³-hybridized carbons (Fsp3) is 0.429. The quantitative estimate of drug-likeness (QED) is 0.522. The van der Waals surface area contributed by atoms with Crippen LogP contribution in [0.15, 0.2) is 44.0 Å². The van der Waals surface area contributed by atoms with Gasteiger partial charge in [0.2, 0.25) is 0 Å². The van der Waals surface area contributed by atoms with E-state index in [4.69, 9.17) is 0 Å². The van der Waals surface area contributed by atoms with E-state index in [-0.39, 0.29) is 16.3 Å². The van der Waals surface area contributed by atoms with Crippen LogP contribution in [-0.4, -0.2) is 20.5 Å². The van der Waals surface area contributed by atoms with Gasteiger partial charge in [0.1, 0.15) is 0 Å². The Morgan fingerprint density at radius 3 is 1.47 bits per heavy atom. The van der Waals surface area contributed by atoms with Crippen LogP contribution < -0.4 is 0 Å². The Morgan fingerprint density at radius 2 is 1.18 bits per heavy atom. The van der Waals surface area contributed by atoms with Gasteiger partial charge in [-0.2, -0.15) is 0 Å². The molecule has 0 radical (unpaired) electrons. The standard InChI is InChI=1S/2C7H13Si.V/c2*1-6(2)4-7(3)5-8;/h2*1,4H,5H2,2-3,8H3;. The van der Waals surface area contributed by atoms with Gasteiger partial charge in [0.05, 0.1) is 0 Å². The average molecular weight is 301 g/mol. The van der Waals surface area contributed by atoms with Gasteiger partial charge in [-0.15, -0.1) is 0 Å². The number of hydrogen-bond donors (Lipinski definition) is 0. The molecule has 0 aromatic rings. The van der Waals surface area contributed by atoms with Gasteiger partial charge >= 0.3 is 121 Å². The Labute approximate surface area is 120 Å². The van der Waals surface area contributed by atoms with Crippen molar-refractivity contribution >= 4 is 20.5 Å². The summed E-state index contributed by atoms with van der Waals surface area (Å²) in [7, 11) is 2.55. The van der Waals surface area contributed by atoms with E-state index in [0.717, 1.165) is 0 Å². The second-order valence-electron chi connectivity index (χ2n) is 4.58. The van der Waals surface area contributed by atoms with Gasteiger partial charge in [-0.1, -0.05) is 0 Å². The maximum absolute atomic E-state index is 2.41. The van der Waals surface area contributed by atoms with Crippen LogP contribution in [-0.2, 0) is 16.3 Å². The molecule has 0 aliphatic carbocycles. The zero-order valence-electron chi connectivity index (χ0n) is 12.2. The third-order valence-corrected chi connectivity index (χ3v) is 6.59.